The number of amides is 1. The molecule has 1 aromatic heterocycles. The number of benzene rings is 2. The maximum absolute atomic E-state index is 13.1. The predicted octanol–water partition coefficient (Wildman–Crippen LogP) is 3.09. The van der Waals surface area contributed by atoms with E-state index in [0.29, 0.717) is 12.2 Å². The van der Waals surface area contributed by atoms with Crippen LogP contribution < -0.4 is 15.6 Å². The Bertz CT molecular complexity index is 1010. The van der Waals surface area contributed by atoms with Crippen LogP contribution in [0, 0.1) is 5.82 Å². The van der Waals surface area contributed by atoms with E-state index in [1.807, 2.05) is 38.1 Å². The summed E-state index contributed by atoms with van der Waals surface area (Å²) in [7, 11) is 0. The minimum absolute atomic E-state index is 0.0867. The molecule has 28 heavy (non-hydrogen) atoms. The fraction of sp³-hybridized carbons (Fsp3) is 0.190. The fourth-order valence-electron chi connectivity index (χ4n) is 2.53. The molecule has 0 saturated heterocycles. The van der Waals surface area contributed by atoms with Gasteiger partial charge in [-0.25, -0.2) is 4.39 Å². The van der Waals surface area contributed by atoms with Gasteiger partial charge in [-0.05, 0) is 61.9 Å². The van der Waals surface area contributed by atoms with Gasteiger partial charge in [0.25, 0.3) is 11.5 Å². The van der Waals surface area contributed by atoms with Crippen LogP contribution in [-0.4, -0.2) is 21.8 Å². The van der Waals surface area contributed by atoms with Crippen LogP contribution in [0.25, 0.3) is 5.69 Å². The van der Waals surface area contributed by atoms with Crippen LogP contribution in [0.2, 0.25) is 0 Å². The normalized spacial score (nSPS) is 10.7. The number of nitrogens with one attached hydrogen (secondary N) is 1. The van der Waals surface area contributed by atoms with E-state index >= 15 is 0 Å². The van der Waals surface area contributed by atoms with Gasteiger partial charge in [0.1, 0.15) is 17.3 Å². The number of carbonyl (C=O) groups is 1. The van der Waals surface area contributed by atoms with Crippen LogP contribution in [-0.2, 0) is 6.54 Å². The summed E-state index contributed by atoms with van der Waals surface area (Å²) in [4.78, 5) is 24.4. The molecule has 6 nitrogen and oxygen atoms in total. The van der Waals surface area contributed by atoms with Crippen LogP contribution >= 0.6 is 0 Å². The Morgan fingerprint density at radius 1 is 1.07 bits per heavy atom. The molecule has 0 bridgehead atoms. The van der Waals surface area contributed by atoms with Gasteiger partial charge in [-0.15, -0.1) is 0 Å². The van der Waals surface area contributed by atoms with E-state index in [9.17, 15) is 14.0 Å². The molecule has 0 spiro atoms. The molecule has 0 aliphatic heterocycles. The van der Waals surface area contributed by atoms with Crippen LogP contribution in [0.3, 0.4) is 0 Å². The highest BCUT2D eigenvalue weighted by atomic mass is 19.1. The molecular weight excluding hydrogens is 361 g/mol. The van der Waals surface area contributed by atoms with Gasteiger partial charge < -0.3 is 10.1 Å². The zero-order chi connectivity index (χ0) is 20.1. The predicted molar refractivity (Wildman–Crippen MR) is 103 cm³/mol. The Morgan fingerprint density at radius 2 is 1.75 bits per heavy atom. The lowest BCUT2D eigenvalue weighted by molar-refractivity contribution is 0.0944. The maximum Gasteiger partial charge on any atom is 0.272 e. The number of aromatic nitrogens is 2. The lowest BCUT2D eigenvalue weighted by Crippen LogP contribution is -2.28. The molecular formula is C21H20FN3O3. The first kappa shape index (κ1) is 19.3. The van der Waals surface area contributed by atoms with Gasteiger partial charge in [0.15, 0.2) is 0 Å². The number of nitrogens with zero attached hydrogens (tertiary/aromatic N) is 2. The smallest absolute Gasteiger partial charge is 0.272 e. The van der Waals surface area contributed by atoms with Crippen molar-refractivity contribution < 1.29 is 13.9 Å². The molecule has 0 saturated carbocycles. The molecule has 1 N–H and O–H groups in total. The highest BCUT2D eigenvalue weighted by Crippen LogP contribution is 2.14. The molecule has 0 aliphatic carbocycles. The van der Waals surface area contributed by atoms with Crippen LogP contribution in [0.5, 0.6) is 5.75 Å². The summed E-state index contributed by atoms with van der Waals surface area (Å²) in [6, 6.07) is 15.3. The second-order valence-corrected chi connectivity index (χ2v) is 6.44. The highest BCUT2D eigenvalue weighted by Gasteiger charge is 2.11. The molecule has 3 rings (SSSR count). The average molecular weight is 381 g/mol. The van der Waals surface area contributed by atoms with Crippen molar-refractivity contribution in [2.75, 3.05) is 0 Å². The number of ether oxygens (including phenoxy) is 1. The third-order valence-electron chi connectivity index (χ3n) is 3.85. The van der Waals surface area contributed by atoms with Crippen molar-refractivity contribution in [2.24, 2.45) is 0 Å². The standard InChI is InChI=1S/C21H20FN3O3/c1-14(2)28-18-9-3-15(4-10-18)13-23-21(27)19-11-12-20(26)25(24-19)17-7-5-16(22)6-8-17/h3-12,14H,13H2,1-2H3,(H,23,27). The zero-order valence-electron chi connectivity index (χ0n) is 15.6. The molecule has 1 amide bonds. The van der Waals surface area contributed by atoms with E-state index in [2.05, 4.69) is 10.4 Å². The summed E-state index contributed by atoms with van der Waals surface area (Å²) >= 11 is 0. The van der Waals surface area contributed by atoms with Crippen molar-refractivity contribution in [1.29, 1.82) is 0 Å². The molecule has 2 aromatic carbocycles. The first-order valence-electron chi connectivity index (χ1n) is 8.82. The minimum atomic E-state index is -0.421. The van der Waals surface area contributed by atoms with Crippen molar-refractivity contribution >= 4 is 5.91 Å². The molecule has 0 aliphatic rings. The van der Waals surface area contributed by atoms with Gasteiger partial charge in [-0.3, -0.25) is 9.59 Å². The molecule has 0 unspecified atom stereocenters. The van der Waals surface area contributed by atoms with E-state index in [0.717, 1.165) is 16.0 Å². The maximum atomic E-state index is 13.1. The van der Waals surface area contributed by atoms with Gasteiger partial charge in [0.05, 0.1) is 11.8 Å². The van der Waals surface area contributed by atoms with E-state index < -0.39 is 17.3 Å². The molecule has 7 heteroatoms. The topological polar surface area (TPSA) is 73.2 Å². The minimum Gasteiger partial charge on any atom is -0.491 e. The number of rotatable bonds is 6. The van der Waals surface area contributed by atoms with Crippen molar-refractivity contribution in [3.63, 3.8) is 0 Å². The Hall–Kier alpha value is -3.48. The van der Waals surface area contributed by atoms with E-state index in [-0.39, 0.29) is 11.8 Å². The molecule has 1 heterocycles. The van der Waals surface area contributed by atoms with Crippen molar-refractivity contribution in [2.45, 2.75) is 26.5 Å². The van der Waals surface area contributed by atoms with Crippen LogP contribution in [0.4, 0.5) is 4.39 Å². The number of carbonyl (C=O) groups excluding carboxylic acids is 1. The largest absolute Gasteiger partial charge is 0.491 e. The van der Waals surface area contributed by atoms with Crippen molar-refractivity contribution in [1.82, 2.24) is 15.1 Å². The second kappa shape index (κ2) is 8.47. The number of hydrogen-bond acceptors (Lipinski definition) is 4. The first-order valence-corrected chi connectivity index (χ1v) is 8.82. The third kappa shape index (κ3) is 4.82. The summed E-state index contributed by atoms with van der Waals surface area (Å²) in [5, 5.41) is 6.85. The van der Waals surface area contributed by atoms with Gasteiger partial charge in [0.2, 0.25) is 0 Å². The van der Waals surface area contributed by atoms with E-state index in [1.165, 1.54) is 36.4 Å². The fourth-order valence-corrected chi connectivity index (χ4v) is 2.53. The SMILES string of the molecule is CC(C)Oc1ccc(CNC(=O)c2ccc(=O)n(-c3ccc(F)cc3)n2)cc1. The number of halogens is 1. The van der Waals surface area contributed by atoms with Gasteiger partial charge in [0, 0.05) is 12.6 Å². The van der Waals surface area contributed by atoms with E-state index in [4.69, 9.17) is 4.74 Å². The molecule has 0 atom stereocenters. The lowest BCUT2D eigenvalue weighted by Gasteiger charge is -2.11. The second-order valence-electron chi connectivity index (χ2n) is 6.44. The monoisotopic (exact) mass is 381 g/mol. The summed E-state index contributed by atoms with van der Waals surface area (Å²) in [5.41, 5.74) is 0.950. The average Bonchev–Trinajstić information content (AvgIpc) is 2.68. The zero-order valence-corrected chi connectivity index (χ0v) is 15.6. The summed E-state index contributed by atoms with van der Waals surface area (Å²) in [6.07, 6.45) is 0.0911. The van der Waals surface area contributed by atoms with Crippen molar-refractivity contribution in [3.05, 3.63) is 88.1 Å². The lowest BCUT2D eigenvalue weighted by atomic mass is 10.2. The molecule has 144 valence electrons. The summed E-state index contributed by atoms with van der Waals surface area (Å²) < 4.78 is 19.7. The summed E-state index contributed by atoms with van der Waals surface area (Å²) in [6.45, 7) is 4.21. The molecule has 3 aromatic rings. The Balaban J connectivity index is 1.70. The highest BCUT2D eigenvalue weighted by molar-refractivity contribution is 5.92. The Kier molecular flexibility index (Phi) is 5.84. The number of hydrogen-bond donors (Lipinski definition) is 1. The van der Waals surface area contributed by atoms with Gasteiger partial charge >= 0.3 is 0 Å². The van der Waals surface area contributed by atoms with Gasteiger partial charge in [-0.1, -0.05) is 12.1 Å². The third-order valence-corrected chi connectivity index (χ3v) is 3.85. The Morgan fingerprint density at radius 3 is 2.39 bits per heavy atom. The molecule has 0 radical (unpaired) electrons. The first-order chi connectivity index (χ1) is 13.4. The quantitative estimate of drug-likeness (QED) is 0.712. The van der Waals surface area contributed by atoms with E-state index in [1.54, 1.807) is 0 Å². The Labute approximate surface area is 161 Å². The van der Waals surface area contributed by atoms with Gasteiger partial charge in [-0.2, -0.15) is 9.78 Å². The van der Waals surface area contributed by atoms with Crippen molar-refractivity contribution in [3.8, 4) is 11.4 Å². The molecule has 0 fully saturated rings. The van der Waals surface area contributed by atoms with Crippen LogP contribution in [0.1, 0.15) is 29.9 Å². The van der Waals surface area contributed by atoms with Crippen LogP contribution in [0.15, 0.2) is 65.5 Å². The summed E-state index contributed by atoms with van der Waals surface area (Å²) in [5.74, 6) is -0.0769.